The minimum absolute atomic E-state index is 0.256. The highest BCUT2D eigenvalue weighted by Crippen LogP contribution is 2.29. The number of rotatable bonds is 4. The minimum Gasteiger partial charge on any atom is -0.307 e. The molecule has 0 heterocycles. The molecule has 0 saturated carbocycles. The quantitative estimate of drug-likeness (QED) is 0.824. The first-order valence-electron chi connectivity index (χ1n) is 7.09. The maximum Gasteiger partial charge on any atom is 0.0579 e. The molecule has 0 radical (unpaired) electrons. The van der Waals surface area contributed by atoms with Crippen molar-refractivity contribution in [2.75, 3.05) is 6.54 Å². The first kappa shape index (κ1) is 15.3. The number of aryl methyl sites for hydroxylation is 3. The molecule has 0 aliphatic heterocycles. The van der Waals surface area contributed by atoms with E-state index in [2.05, 4.69) is 85.3 Å². The average Bonchev–Trinajstić information content (AvgIpc) is 2.40. The summed E-state index contributed by atoms with van der Waals surface area (Å²) < 4.78 is 1.18. The molecule has 0 aliphatic rings. The van der Waals surface area contributed by atoms with Crippen LogP contribution in [0.1, 0.15) is 40.8 Å². The lowest BCUT2D eigenvalue weighted by Crippen LogP contribution is -2.23. The second-order valence-corrected chi connectivity index (χ2v) is 6.22. The first-order chi connectivity index (χ1) is 9.52. The lowest BCUT2D eigenvalue weighted by molar-refractivity contribution is 0.627. The molecule has 2 heteroatoms. The molecule has 20 heavy (non-hydrogen) atoms. The predicted octanol–water partition coefficient (Wildman–Crippen LogP) is 5.07. The highest BCUT2D eigenvalue weighted by Gasteiger charge is 2.16. The fraction of sp³-hybridized carbons (Fsp3) is 0.333. The lowest BCUT2D eigenvalue weighted by atomic mass is 9.93. The molecule has 0 aromatic heterocycles. The predicted molar refractivity (Wildman–Crippen MR) is 90.3 cm³/mol. The molecule has 1 unspecified atom stereocenters. The molecule has 2 rings (SSSR count). The van der Waals surface area contributed by atoms with Crippen molar-refractivity contribution in [1.29, 1.82) is 0 Å². The molecule has 0 spiro atoms. The Morgan fingerprint density at radius 2 is 1.80 bits per heavy atom. The molecular formula is C18H22BrN. The van der Waals surface area contributed by atoms with Crippen molar-refractivity contribution in [2.24, 2.45) is 0 Å². The smallest absolute Gasteiger partial charge is 0.0579 e. The van der Waals surface area contributed by atoms with E-state index in [9.17, 15) is 0 Å². The van der Waals surface area contributed by atoms with Gasteiger partial charge < -0.3 is 5.32 Å². The zero-order valence-corrected chi connectivity index (χ0v) is 14.2. The molecule has 1 N–H and O–H groups in total. The monoisotopic (exact) mass is 331 g/mol. The van der Waals surface area contributed by atoms with Crippen LogP contribution in [0.2, 0.25) is 0 Å². The Morgan fingerprint density at radius 1 is 1.05 bits per heavy atom. The van der Waals surface area contributed by atoms with Gasteiger partial charge in [-0.15, -0.1) is 0 Å². The SMILES string of the molecule is CCNC(c1cccc(C)c1)c1cc(C)c(Br)cc1C. The van der Waals surface area contributed by atoms with Gasteiger partial charge in [-0.2, -0.15) is 0 Å². The highest BCUT2D eigenvalue weighted by atomic mass is 79.9. The molecule has 1 atom stereocenters. The Balaban J connectivity index is 2.51. The van der Waals surface area contributed by atoms with E-state index in [1.807, 2.05) is 0 Å². The van der Waals surface area contributed by atoms with E-state index in [4.69, 9.17) is 0 Å². The Hall–Kier alpha value is -1.12. The third-order valence-electron chi connectivity index (χ3n) is 3.64. The highest BCUT2D eigenvalue weighted by molar-refractivity contribution is 9.10. The van der Waals surface area contributed by atoms with E-state index >= 15 is 0 Å². The molecule has 1 nitrogen and oxygen atoms in total. The molecule has 0 bridgehead atoms. The third kappa shape index (κ3) is 3.31. The summed E-state index contributed by atoms with van der Waals surface area (Å²) in [5.41, 5.74) is 6.59. The maximum absolute atomic E-state index is 3.62. The van der Waals surface area contributed by atoms with Gasteiger partial charge in [-0.3, -0.25) is 0 Å². The van der Waals surface area contributed by atoms with Crippen LogP contribution in [0, 0.1) is 20.8 Å². The van der Waals surface area contributed by atoms with Gasteiger partial charge in [-0.05, 0) is 55.6 Å². The molecule has 106 valence electrons. The number of halogens is 1. The van der Waals surface area contributed by atoms with E-state index in [-0.39, 0.29) is 6.04 Å². The summed E-state index contributed by atoms with van der Waals surface area (Å²) in [6, 6.07) is 13.5. The standard InChI is InChI=1S/C18H22BrN/c1-5-20-18(15-8-6-7-12(2)9-15)16-10-14(4)17(19)11-13(16)3/h6-11,18,20H,5H2,1-4H3. The van der Waals surface area contributed by atoms with Gasteiger partial charge in [0.2, 0.25) is 0 Å². The van der Waals surface area contributed by atoms with Crippen LogP contribution in [0.4, 0.5) is 0 Å². The lowest BCUT2D eigenvalue weighted by Gasteiger charge is -2.22. The third-order valence-corrected chi connectivity index (χ3v) is 4.50. The van der Waals surface area contributed by atoms with Crippen molar-refractivity contribution in [2.45, 2.75) is 33.7 Å². The Labute approximate surface area is 130 Å². The zero-order chi connectivity index (χ0) is 14.7. The molecule has 2 aromatic carbocycles. The Kier molecular flexibility index (Phi) is 5.00. The second kappa shape index (κ2) is 6.55. The van der Waals surface area contributed by atoms with Crippen LogP contribution in [0.3, 0.4) is 0 Å². The number of hydrogen-bond donors (Lipinski definition) is 1. The average molecular weight is 332 g/mol. The van der Waals surface area contributed by atoms with Crippen LogP contribution < -0.4 is 5.32 Å². The number of benzene rings is 2. The fourth-order valence-corrected chi connectivity index (χ4v) is 3.03. The molecule has 0 aliphatic carbocycles. The number of hydrogen-bond acceptors (Lipinski definition) is 1. The van der Waals surface area contributed by atoms with Gasteiger partial charge >= 0.3 is 0 Å². The molecule has 2 aromatic rings. The summed E-state index contributed by atoms with van der Waals surface area (Å²) in [6.07, 6.45) is 0. The zero-order valence-electron chi connectivity index (χ0n) is 12.6. The molecule has 0 fully saturated rings. The second-order valence-electron chi connectivity index (χ2n) is 5.36. The van der Waals surface area contributed by atoms with Crippen molar-refractivity contribution in [1.82, 2.24) is 5.32 Å². The van der Waals surface area contributed by atoms with Gasteiger partial charge in [0.05, 0.1) is 6.04 Å². The van der Waals surface area contributed by atoms with Gasteiger partial charge in [0.1, 0.15) is 0 Å². The summed E-state index contributed by atoms with van der Waals surface area (Å²) in [6.45, 7) is 9.58. The Bertz CT molecular complexity index is 604. The van der Waals surface area contributed by atoms with Crippen molar-refractivity contribution in [3.8, 4) is 0 Å². The number of nitrogens with one attached hydrogen (secondary N) is 1. The van der Waals surface area contributed by atoms with Crippen molar-refractivity contribution in [3.05, 3.63) is 68.7 Å². The normalized spacial score (nSPS) is 12.4. The first-order valence-corrected chi connectivity index (χ1v) is 7.88. The summed E-state index contributed by atoms with van der Waals surface area (Å²) >= 11 is 3.62. The van der Waals surface area contributed by atoms with E-state index in [1.165, 1.54) is 32.3 Å². The van der Waals surface area contributed by atoms with Crippen molar-refractivity contribution in [3.63, 3.8) is 0 Å². The van der Waals surface area contributed by atoms with Gasteiger partial charge in [0.15, 0.2) is 0 Å². The van der Waals surface area contributed by atoms with Gasteiger partial charge in [-0.25, -0.2) is 0 Å². The van der Waals surface area contributed by atoms with Gasteiger partial charge in [-0.1, -0.05) is 58.7 Å². The topological polar surface area (TPSA) is 12.0 Å². The molecule has 0 saturated heterocycles. The van der Waals surface area contributed by atoms with Crippen molar-refractivity contribution >= 4 is 15.9 Å². The van der Waals surface area contributed by atoms with Crippen LogP contribution in [0.5, 0.6) is 0 Å². The van der Waals surface area contributed by atoms with Crippen LogP contribution in [0.15, 0.2) is 40.9 Å². The van der Waals surface area contributed by atoms with Crippen LogP contribution >= 0.6 is 15.9 Å². The van der Waals surface area contributed by atoms with Crippen LogP contribution in [-0.4, -0.2) is 6.54 Å². The minimum atomic E-state index is 0.256. The summed E-state index contributed by atoms with van der Waals surface area (Å²) in [4.78, 5) is 0. The van der Waals surface area contributed by atoms with Gasteiger partial charge in [0, 0.05) is 4.47 Å². The summed E-state index contributed by atoms with van der Waals surface area (Å²) in [5, 5.41) is 3.61. The van der Waals surface area contributed by atoms with Crippen LogP contribution in [0.25, 0.3) is 0 Å². The maximum atomic E-state index is 3.62. The van der Waals surface area contributed by atoms with E-state index in [0.717, 1.165) is 6.54 Å². The molecule has 0 amide bonds. The summed E-state index contributed by atoms with van der Waals surface area (Å²) in [7, 11) is 0. The summed E-state index contributed by atoms with van der Waals surface area (Å²) in [5.74, 6) is 0. The van der Waals surface area contributed by atoms with Crippen LogP contribution in [-0.2, 0) is 0 Å². The van der Waals surface area contributed by atoms with E-state index < -0.39 is 0 Å². The fourth-order valence-electron chi connectivity index (χ4n) is 2.58. The van der Waals surface area contributed by atoms with Crippen molar-refractivity contribution < 1.29 is 0 Å². The van der Waals surface area contributed by atoms with Gasteiger partial charge in [0.25, 0.3) is 0 Å². The molecular weight excluding hydrogens is 310 g/mol. The Morgan fingerprint density at radius 3 is 2.45 bits per heavy atom. The van der Waals surface area contributed by atoms with E-state index in [1.54, 1.807) is 0 Å². The largest absolute Gasteiger partial charge is 0.307 e. The van der Waals surface area contributed by atoms with E-state index in [0.29, 0.717) is 0 Å².